The molecule has 0 saturated carbocycles. The molecular formula is C13H22O4S. The Kier molecular flexibility index (Phi) is 4.24. The van der Waals surface area contributed by atoms with Crippen molar-refractivity contribution < 1.29 is 18.5 Å². The smallest absolute Gasteiger partial charge is 0.171 e. The van der Waals surface area contributed by atoms with Crippen molar-refractivity contribution in [2.75, 3.05) is 14.2 Å². The lowest BCUT2D eigenvalue weighted by molar-refractivity contribution is -0.198. The van der Waals surface area contributed by atoms with Gasteiger partial charge in [-0.05, 0) is 32.6 Å². The number of hydrogen-bond acceptors (Lipinski definition) is 4. The second kappa shape index (κ2) is 5.39. The Balaban J connectivity index is 1.97. The van der Waals surface area contributed by atoms with Gasteiger partial charge in [0.15, 0.2) is 5.79 Å². The van der Waals surface area contributed by atoms with Crippen LogP contribution in [0.25, 0.3) is 0 Å². The lowest BCUT2D eigenvalue weighted by Gasteiger charge is -2.30. The molecule has 2 aliphatic heterocycles. The standard InChI is InChI=1S/C13H22O4S/c1-13(16-2,17-3)8-12(14)9-6-10-4-5-11(7-9)18(10)15/h9-11H,4-8H2,1-3H3. The monoisotopic (exact) mass is 274 g/mol. The second-order valence-electron chi connectivity index (χ2n) is 5.50. The van der Waals surface area contributed by atoms with Crippen LogP contribution in [0, 0.1) is 5.92 Å². The van der Waals surface area contributed by atoms with Gasteiger partial charge >= 0.3 is 0 Å². The number of ether oxygens (including phenoxy) is 2. The summed E-state index contributed by atoms with van der Waals surface area (Å²) in [5, 5.41) is 0.489. The van der Waals surface area contributed by atoms with Crippen molar-refractivity contribution in [2.24, 2.45) is 5.92 Å². The number of carbonyl (C=O) groups is 1. The maximum atomic E-state index is 12.3. The SMILES string of the molecule is COC(C)(CC(=O)C1CC2CCC(C1)S2=O)OC. The fourth-order valence-corrected chi connectivity index (χ4v) is 5.11. The van der Waals surface area contributed by atoms with Crippen LogP contribution in [-0.4, -0.2) is 40.5 Å². The molecule has 2 rings (SSSR count). The molecule has 2 aliphatic rings. The van der Waals surface area contributed by atoms with E-state index in [1.54, 1.807) is 21.1 Å². The summed E-state index contributed by atoms with van der Waals surface area (Å²) >= 11 is 0. The van der Waals surface area contributed by atoms with Crippen molar-refractivity contribution in [3.8, 4) is 0 Å². The van der Waals surface area contributed by atoms with E-state index in [1.165, 1.54) is 0 Å². The molecule has 4 nitrogen and oxygen atoms in total. The summed E-state index contributed by atoms with van der Waals surface area (Å²) in [6.07, 6.45) is 3.88. The van der Waals surface area contributed by atoms with Gasteiger partial charge in [0.2, 0.25) is 0 Å². The van der Waals surface area contributed by atoms with Crippen LogP contribution in [0.3, 0.4) is 0 Å². The number of rotatable bonds is 5. The third-order valence-corrected chi connectivity index (χ3v) is 6.55. The zero-order valence-electron chi connectivity index (χ0n) is 11.3. The van der Waals surface area contributed by atoms with Gasteiger partial charge in [0.05, 0.1) is 6.42 Å². The molecule has 18 heavy (non-hydrogen) atoms. The molecule has 2 atom stereocenters. The first kappa shape index (κ1) is 14.2. The van der Waals surface area contributed by atoms with Crippen molar-refractivity contribution in [3.05, 3.63) is 0 Å². The van der Waals surface area contributed by atoms with E-state index in [-0.39, 0.29) is 28.6 Å². The fraction of sp³-hybridized carbons (Fsp3) is 0.923. The number of fused-ring (bicyclic) bond motifs is 2. The predicted octanol–water partition coefficient (Wildman–Crippen LogP) is 1.64. The molecule has 0 aromatic heterocycles. The van der Waals surface area contributed by atoms with E-state index in [0.29, 0.717) is 0 Å². The Bertz CT molecular complexity index is 335. The van der Waals surface area contributed by atoms with E-state index in [4.69, 9.17) is 9.47 Å². The Morgan fingerprint density at radius 3 is 2.17 bits per heavy atom. The summed E-state index contributed by atoms with van der Waals surface area (Å²) in [6.45, 7) is 1.78. The summed E-state index contributed by atoms with van der Waals surface area (Å²) in [4.78, 5) is 12.3. The molecule has 0 amide bonds. The zero-order valence-corrected chi connectivity index (χ0v) is 12.1. The number of methoxy groups -OCH3 is 2. The molecule has 0 radical (unpaired) electrons. The van der Waals surface area contributed by atoms with E-state index in [0.717, 1.165) is 25.7 Å². The zero-order chi connectivity index (χ0) is 13.3. The topological polar surface area (TPSA) is 52.6 Å². The van der Waals surface area contributed by atoms with E-state index in [1.807, 2.05) is 0 Å². The highest BCUT2D eigenvalue weighted by Gasteiger charge is 2.43. The molecule has 2 fully saturated rings. The lowest BCUT2D eigenvalue weighted by atomic mass is 9.91. The van der Waals surface area contributed by atoms with Gasteiger partial charge in [-0.15, -0.1) is 0 Å². The van der Waals surface area contributed by atoms with Crippen LogP contribution >= 0.6 is 0 Å². The molecule has 2 heterocycles. The van der Waals surface area contributed by atoms with Gasteiger partial charge in [0.25, 0.3) is 0 Å². The summed E-state index contributed by atoms with van der Waals surface area (Å²) < 4.78 is 22.4. The highest BCUT2D eigenvalue weighted by molar-refractivity contribution is 7.86. The minimum atomic E-state index is -0.827. The molecule has 2 saturated heterocycles. The summed E-state index contributed by atoms with van der Waals surface area (Å²) in [5.41, 5.74) is 0. The molecule has 0 aliphatic carbocycles. The van der Waals surface area contributed by atoms with Gasteiger partial charge in [0, 0.05) is 41.4 Å². The van der Waals surface area contributed by atoms with E-state index in [2.05, 4.69) is 0 Å². The van der Waals surface area contributed by atoms with Crippen LogP contribution in [0.2, 0.25) is 0 Å². The minimum Gasteiger partial charge on any atom is -0.353 e. The Morgan fingerprint density at radius 2 is 1.72 bits per heavy atom. The van der Waals surface area contributed by atoms with Gasteiger partial charge in [-0.3, -0.25) is 9.00 Å². The fourth-order valence-electron chi connectivity index (χ4n) is 2.98. The first-order valence-corrected chi connectivity index (χ1v) is 7.79. The molecular weight excluding hydrogens is 252 g/mol. The predicted molar refractivity (Wildman–Crippen MR) is 69.7 cm³/mol. The number of carbonyl (C=O) groups excluding carboxylic acids is 1. The van der Waals surface area contributed by atoms with Crippen molar-refractivity contribution in [1.29, 1.82) is 0 Å². The highest BCUT2D eigenvalue weighted by atomic mass is 32.2. The number of hydrogen-bond donors (Lipinski definition) is 0. The Labute approximate surface area is 111 Å². The van der Waals surface area contributed by atoms with E-state index in [9.17, 15) is 9.00 Å². The minimum absolute atomic E-state index is 0.0461. The second-order valence-corrected chi connectivity index (χ2v) is 7.49. The highest BCUT2D eigenvalue weighted by Crippen LogP contribution is 2.39. The average Bonchev–Trinajstić information content (AvgIpc) is 2.59. The molecule has 2 bridgehead atoms. The first-order chi connectivity index (χ1) is 8.49. The van der Waals surface area contributed by atoms with Gasteiger partial charge in [-0.2, -0.15) is 0 Å². The van der Waals surface area contributed by atoms with Gasteiger partial charge < -0.3 is 9.47 Å². The van der Waals surface area contributed by atoms with Crippen LogP contribution in [0.4, 0.5) is 0 Å². The Morgan fingerprint density at radius 1 is 1.22 bits per heavy atom. The van der Waals surface area contributed by atoms with Crippen molar-refractivity contribution >= 4 is 16.6 Å². The quantitative estimate of drug-likeness (QED) is 0.715. The molecule has 5 heteroatoms. The summed E-state index contributed by atoms with van der Waals surface area (Å²) in [5.74, 6) is -0.591. The van der Waals surface area contributed by atoms with Crippen LogP contribution in [0.1, 0.15) is 39.0 Å². The Hall–Kier alpha value is -0.260. The van der Waals surface area contributed by atoms with Gasteiger partial charge in [-0.25, -0.2) is 0 Å². The van der Waals surface area contributed by atoms with Crippen molar-refractivity contribution in [3.63, 3.8) is 0 Å². The normalized spacial score (nSPS) is 35.7. The van der Waals surface area contributed by atoms with E-state index >= 15 is 0 Å². The van der Waals surface area contributed by atoms with E-state index < -0.39 is 16.6 Å². The first-order valence-electron chi connectivity index (χ1n) is 6.51. The van der Waals surface area contributed by atoms with Crippen molar-refractivity contribution in [2.45, 2.75) is 55.3 Å². The molecule has 0 aromatic carbocycles. The lowest BCUT2D eigenvalue weighted by Crippen LogP contribution is -2.38. The third-order valence-electron chi connectivity index (χ3n) is 4.38. The summed E-state index contributed by atoms with van der Waals surface area (Å²) in [6, 6.07) is 0. The van der Waals surface area contributed by atoms with Gasteiger partial charge in [0.1, 0.15) is 5.78 Å². The molecule has 104 valence electrons. The van der Waals surface area contributed by atoms with Crippen molar-refractivity contribution in [1.82, 2.24) is 0 Å². The maximum Gasteiger partial charge on any atom is 0.171 e. The molecule has 0 spiro atoms. The molecule has 0 N–H and O–H groups in total. The van der Waals surface area contributed by atoms with Crippen LogP contribution in [0.15, 0.2) is 0 Å². The summed E-state index contributed by atoms with van der Waals surface area (Å²) in [7, 11) is 2.41. The van der Waals surface area contributed by atoms with Crippen LogP contribution < -0.4 is 0 Å². The third kappa shape index (κ3) is 2.68. The molecule has 0 aromatic rings. The largest absolute Gasteiger partial charge is 0.353 e. The maximum absolute atomic E-state index is 12.3. The molecule has 2 unspecified atom stereocenters. The number of Topliss-reactive ketones (excluding diaryl/α,β-unsaturated/α-hetero) is 1. The average molecular weight is 274 g/mol. The van der Waals surface area contributed by atoms with Crippen LogP contribution in [-0.2, 0) is 25.1 Å². The number of ketones is 1. The van der Waals surface area contributed by atoms with Crippen LogP contribution in [0.5, 0.6) is 0 Å². The van der Waals surface area contributed by atoms with Gasteiger partial charge in [-0.1, -0.05) is 0 Å².